The number of β-amino-alcohol motifs (C(OH)–C–C–N with tert-alkyl or cyclic N) is 1. The third-order valence-electron chi connectivity index (χ3n) is 3.51. The van der Waals surface area contributed by atoms with Crippen molar-refractivity contribution in [2.24, 2.45) is 0 Å². The molecule has 17 heavy (non-hydrogen) atoms. The number of aliphatic hydroxyl groups is 1. The van der Waals surface area contributed by atoms with Gasteiger partial charge in [0.25, 0.3) is 0 Å². The molecule has 2 atom stereocenters. The van der Waals surface area contributed by atoms with Gasteiger partial charge in [-0.2, -0.15) is 0 Å². The lowest BCUT2D eigenvalue weighted by molar-refractivity contribution is 0.0521. The van der Waals surface area contributed by atoms with E-state index in [1.54, 1.807) is 6.07 Å². The Balaban J connectivity index is 2.16. The molecular formula is C13H17Cl2NO. The van der Waals surface area contributed by atoms with Crippen LogP contribution in [0.1, 0.15) is 18.9 Å². The average molecular weight is 274 g/mol. The number of nitrogens with zero attached hydrogens (tertiary/aromatic N) is 1. The summed E-state index contributed by atoms with van der Waals surface area (Å²) in [6.45, 7) is 2.81. The number of benzene rings is 1. The number of rotatable bonds is 2. The predicted octanol–water partition coefficient (Wildman–Crippen LogP) is 2.99. The van der Waals surface area contributed by atoms with Crippen molar-refractivity contribution in [1.82, 2.24) is 4.90 Å². The minimum atomic E-state index is -0.675. The van der Waals surface area contributed by atoms with Crippen LogP contribution in [0, 0.1) is 0 Å². The molecule has 0 aliphatic carbocycles. The first-order valence-electron chi connectivity index (χ1n) is 5.76. The summed E-state index contributed by atoms with van der Waals surface area (Å²) in [6.07, 6.45) is 1.36. The molecule has 1 aliphatic heterocycles. The van der Waals surface area contributed by atoms with Crippen molar-refractivity contribution >= 4 is 23.2 Å². The van der Waals surface area contributed by atoms with Crippen molar-refractivity contribution in [3.05, 3.63) is 33.8 Å². The smallest absolute Gasteiger partial charge is 0.0829 e. The molecule has 1 aliphatic rings. The number of halogens is 2. The van der Waals surface area contributed by atoms with E-state index < -0.39 is 5.60 Å². The van der Waals surface area contributed by atoms with E-state index in [2.05, 4.69) is 11.8 Å². The third kappa shape index (κ3) is 2.94. The Morgan fingerprint density at radius 3 is 2.71 bits per heavy atom. The van der Waals surface area contributed by atoms with Crippen LogP contribution in [0.2, 0.25) is 10.0 Å². The van der Waals surface area contributed by atoms with Crippen LogP contribution >= 0.6 is 23.2 Å². The number of hydrogen-bond donors (Lipinski definition) is 1. The lowest BCUT2D eigenvalue weighted by Gasteiger charge is -2.23. The van der Waals surface area contributed by atoms with Crippen molar-refractivity contribution in [2.45, 2.75) is 31.4 Å². The van der Waals surface area contributed by atoms with E-state index in [1.165, 1.54) is 0 Å². The lowest BCUT2D eigenvalue weighted by atomic mass is 9.92. The number of hydrogen-bond acceptors (Lipinski definition) is 2. The van der Waals surface area contributed by atoms with Crippen LogP contribution in [0.25, 0.3) is 0 Å². The molecule has 2 rings (SSSR count). The topological polar surface area (TPSA) is 23.5 Å². The van der Waals surface area contributed by atoms with E-state index in [1.807, 2.05) is 19.2 Å². The number of likely N-dealkylation sites (N-methyl/N-ethyl adjacent to an activating group) is 1. The van der Waals surface area contributed by atoms with Gasteiger partial charge in [-0.15, -0.1) is 0 Å². The monoisotopic (exact) mass is 273 g/mol. The Morgan fingerprint density at radius 2 is 2.18 bits per heavy atom. The molecule has 1 saturated heterocycles. The van der Waals surface area contributed by atoms with Crippen LogP contribution in [-0.2, 0) is 6.42 Å². The van der Waals surface area contributed by atoms with Gasteiger partial charge in [0.1, 0.15) is 0 Å². The summed E-state index contributed by atoms with van der Waals surface area (Å²) >= 11 is 12.0. The first-order chi connectivity index (χ1) is 7.89. The molecule has 4 heteroatoms. The minimum absolute atomic E-state index is 0.408. The second kappa shape index (κ2) is 4.77. The maximum Gasteiger partial charge on any atom is 0.0829 e. The molecule has 2 nitrogen and oxygen atoms in total. The second-order valence-corrected chi connectivity index (χ2v) is 5.95. The molecule has 0 bridgehead atoms. The fourth-order valence-corrected chi connectivity index (χ4v) is 3.01. The average Bonchev–Trinajstić information content (AvgIpc) is 2.46. The van der Waals surface area contributed by atoms with E-state index in [9.17, 15) is 5.11 Å². The maximum absolute atomic E-state index is 10.5. The summed E-state index contributed by atoms with van der Waals surface area (Å²) in [5.74, 6) is 0. The van der Waals surface area contributed by atoms with Crippen LogP contribution in [0.15, 0.2) is 18.2 Å². The molecule has 1 aromatic carbocycles. The molecule has 0 radical (unpaired) electrons. The van der Waals surface area contributed by atoms with E-state index in [0.29, 0.717) is 29.1 Å². The van der Waals surface area contributed by atoms with Crippen LogP contribution in [0.4, 0.5) is 0 Å². The predicted molar refractivity (Wildman–Crippen MR) is 71.8 cm³/mol. The highest BCUT2D eigenvalue weighted by atomic mass is 35.5. The molecule has 1 heterocycles. The van der Waals surface area contributed by atoms with Gasteiger partial charge < -0.3 is 10.0 Å². The van der Waals surface area contributed by atoms with Crippen molar-refractivity contribution < 1.29 is 5.11 Å². The summed E-state index contributed by atoms with van der Waals surface area (Å²) in [5.41, 5.74) is 0.284. The van der Waals surface area contributed by atoms with Crippen LogP contribution < -0.4 is 0 Å². The molecule has 1 N–H and O–H groups in total. The highest BCUT2D eigenvalue weighted by Crippen LogP contribution is 2.32. The van der Waals surface area contributed by atoms with Crippen molar-refractivity contribution in [3.63, 3.8) is 0 Å². The minimum Gasteiger partial charge on any atom is -0.388 e. The van der Waals surface area contributed by atoms with Crippen LogP contribution in [0.3, 0.4) is 0 Å². The van der Waals surface area contributed by atoms with Gasteiger partial charge in [0.05, 0.1) is 5.60 Å². The summed E-state index contributed by atoms with van der Waals surface area (Å²) in [4.78, 5) is 2.17. The summed E-state index contributed by atoms with van der Waals surface area (Å²) in [5, 5.41) is 11.8. The van der Waals surface area contributed by atoms with Gasteiger partial charge in [0.15, 0.2) is 0 Å². The van der Waals surface area contributed by atoms with Gasteiger partial charge in [-0.05, 0) is 38.1 Å². The quantitative estimate of drug-likeness (QED) is 0.896. The van der Waals surface area contributed by atoms with Gasteiger partial charge >= 0.3 is 0 Å². The highest BCUT2D eigenvalue weighted by molar-refractivity contribution is 6.35. The zero-order valence-electron chi connectivity index (χ0n) is 10.1. The Morgan fingerprint density at radius 1 is 1.47 bits per heavy atom. The van der Waals surface area contributed by atoms with Gasteiger partial charge in [0, 0.05) is 29.1 Å². The molecule has 0 spiro atoms. The Bertz CT molecular complexity index is 412. The van der Waals surface area contributed by atoms with E-state index in [-0.39, 0.29) is 0 Å². The largest absolute Gasteiger partial charge is 0.388 e. The molecule has 2 unspecified atom stereocenters. The van der Waals surface area contributed by atoms with E-state index in [0.717, 1.165) is 12.0 Å². The molecule has 1 aromatic rings. The fraction of sp³-hybridized carbons (Fsp3) is 0.538. The SMILES string of the molecule is CC1CC(O)(Cc2ccc(Cl)cc2Cl)CN1C. The Hall–Kier alpha value is -0.280. The standard InChI is InChI=1S/C13H17Cl2NO/c1-9-6-13(17,8-16(9)2)7-10-3-4-11(14)5-12(10)15/h3-5,9,17H,6-8H2,1-2H3. The van der Waals surface area contributed by atoms with Crippen molar-refractivity contribution in [3.8, 4) is 0 Å². The van der Waals surface area contributed by atoms with Gasteiger partial charge in [-0.25, -0.2) is 0 Å². The molecule has 0 aromatic heterocycles. The normalized spacial score (nSPS) is 29.8. The molecular weight excluding hydrogens is 257 g/mol. The molecule has 94 valence electrons. The van der Waals surface area contributed by atoms with Crippen molar-refractivity contribution in [2.75, 3.05) is 13.6 Å². The molecule has 0 saturated carbocycles. The van der Waals surface area contributed by atoms with Crippen LogP contribution in [-0.4, -0.2) is 35.2 Å². The Kier molecular flexibility index (Phi) is 3.69. The second-order valence-electron chi connectivity index (χ2n) is 5.11. The summed E-state index contributed by atoms with van der Waals surface area (Å²) in [6, 6.07) is 5.84. The van der Waals surface area contributed by atoms with Gasteiger partial charge in [-0.3, -0.25) is 0 Å². The first-order valence-corrected chi connectivity index (χ1v) is 6.52. The fourth-order valence-electron chi connectivity index (χ4n) is 2.54. The third-order valence-corrected chi connectivity index (χ3v) is 4.09. The summed E-state index contributed by atoms with van der Waals surface area (Å²) < 4.78 is 0. The molecule has 1 fully saturated rings. The zero-order chi connectivity index (χ0) is 12.6. The summed E-state index contributed by atoms with van der Waals surface area (Å²) in [7, 11) is 2.03. The maximum atomic E-state index is 10.5. The Labute approximate surface area is 112 Å². The van der Waals surface area contributed by atoms with Crippen LogP contribution in [0.5, 0.6) is 0 Å². The highest BCUT2D eigenvalue weighted by Gasteiger charge is 2.39. The van der Waals surface area contributed by atoms with E-state index in [4.69, 9.17) is 23.2 Å². The van der Waals surface area contributed by atoms with Gasteiger partial charge in [0.2, 0.25) is 0 Å². The lowest BCUT2D eigenvalue weighted by Crippen LogP contribution is -2.34. The number of likely N-dealkylation sites (tertiary alicyclic amines) is 1. The van der Waals surface area contributed by atoms with Crippen molar-refractivity contribution in [1.29, 1.82) is 0 Å². The van der Waals surface area contributed by atoms with Gasteiger partial charge in [-0.1, -0.05) is 29.3 Å². The van der Waals surface area contributed by atoms with E-state index >= 15 is 0 Å². The molecule has 0 amide bonds. The zero-order valence-corrected chi connectivity index (χ0v) is 11.6. The first kappa shape index (κ1) is 13.2.